The molecule has 0 saturated carbocycles. The van der Waals surface area contributed by atoms with Crippen molar-refractivity contribution >= 4 is 33.0 Å². The van der Waals surface area contributed by atoms with E-state index in [0.29, 0.717) is 6.54 Å². The Morgan fingerprint density at radius 2 is 2.22 bits per heavy atom. The Balaban J connectivity index is 2.20. The fourth-order valence-corrected chi connectivity index (χ4v) is 3.22. The molecule has 96 valence electrons. The zero-order chi connectivity index (χ0) is 13.0. The molecule has 0 saturated heterocycles. The third-order valence-electron chi connectivity index (χ3n) is 2.60. The van der Waals surface area contributed by atoms with Crippen molar-refractivity contribution in [1.82, 2.24) is 0 Å². The van der Waals surface area contributed by atoms with E-state index < -0.39 is 0 Å². The third kappa shape index (κ3) is 3.04. The van der Waals surface area contributed by atoms with Gasteiger partial charge in [-0.05, 0) is 34.1 Å². The van der Waals surface area contributed by atoms with Crippen molar-refractivity contribution in [2.75, 3.05) is 19.0 Å². The Bertz CT molecular complexity index is 515. The molecule has 3 N–H and O–H groups in total. The summed E-state index contributed by atoms with van der Waals surface area (Å²) >= 11 is 5.15. The summed E-state index contributed by atoms with van der Waals surface area (Å²) in [7, 11) is 1.67. The lowest BCUT2D eigenvalue weighted by Gasteiger charge is -2.18. The van der Waals surface area contributed by atoms with Crippen LogP contribution in [0.2, 0.25) is 0 Å². The second kappa shape index (κ2) is 6.22. The Kier molecular flexibility index (Phi) is 4.63. The molecule has 0 spiro atoms. The first kappa shape index (κ1) is 13.4. The first-order valence-corrected chi connectivity index (χ1v) is 7.25. The van der Waals surface area contributed by atoms with E-state index in [1.807, 2.05) is 24.3 Å². The molecule has 2 aromatic rings. The molecule has 2 rings (SSSR count). The number of para-hydroxylation sites is 2. The van der Waals surface area contributed by atoms with Gasteiger partial charge in [0, 0.05) is 21.3 Å². The van der Waals surface area contributed by atoms with Crippen molar-refractivity contribution in [3.8, 4) is 5.75 Å². The molecular weight excluding hydrogens is 312 g/mol. The standard InChI is InChI=1S/C13H15BrN2OS/c1-17-12-5-3-2-4-10(12)16-11(7-15)13-6-9(14)8-18-13/h2-6,8,11,16H,7,15H2,1H3. The number of halogens is 1. The summed E-state index contributed by atoms with van der Waals surface area (Å²) in [6.45, 7) is 0.533. The second-order valence-electron chi connectivity index (χ2n) is 3.80. The van der Waals surface area contributed by atoms with E-state index in [-0.39, 0.29) is 6.04 Å². The van der Waals surface area contributed by atoms with Crippen LogP contribution < -0.4 is 15.8 Å². The minimum Gasteiger partial charge on any atom is -0.495 e. The van der Waals surface area contributed by atoms with E-state index in [1.165, 1.54) is 4.88 Å². The Labute approximate surface area is 119 Å². The van der Waals surface area contributed by atoms with Gasteiger partial charge in [0.1, 0.15) is 5.75 Å². The number of nitrogens with one attached hydrogen (secondary N) is 1. The van der Waals surface area contributed by atoms with Crippen LogP contribution in [0.4, 0.5) is 5.69 Å². The van der Waals surface area contributed by atoms with E-state index in [9.17, 15) is 0 Å². The highest BCUT2D eigenvalue weighted by Gasteiger charge is 2.13. The summed E-state index contributed by atoms with van der Waals surface area (Å²) < 4.78 is 6.41. The average molecular weight is 327 g/mol. The van der Waals surface area contributed by atoms with Gasteiger partial charge in [0.25, 0.3) is 0 Å². The number of benzene rings is 1. The lowest BCUT2D eigenvalue weighted by atomic mass is 10.2. The van der Waals surface area contributed by atoms with Gasteiger partial charge in [-0.25, -0.2) is 0 Å². The molecule has 0 aliphatic rings. The number of hydrogen-bond donors (Lipinski definition) is 2. The van der Waals surface area contributed by atoms with Crippen LogP contribution in [0.25, 0.3) is 0 Å². The summed E-state index contributed by atoms with van der Waals surface area (Å²) in [6.07, 6.45) is 0. The number of hydrogen-bond acceptors (Lipinski definition) is 4. The largest absolute Gasteiger partial charge is 0.495 e. The summed E-state index contributed by atoms with van der Waals surface area (Å²) in [4.78, 5) is 1.20. The highest BCUT2D eigenvalue weighted by Crippen LogP contribution is 2.31. The molecule has 18 heavy (non-hydrogen) atoms. The van der Waals surface area contributed by atoms with Gasteiger partial charge in [-0.2, -0.15) is 0 Å². The van der Waals surface area contributed by atoms with Gasteiger partial charge in [0.2, 0.25) is 0 Å². The normalized spacial score (nSPS) is 12.2. The summed E-state index contributed by atoms with van der Waals surface area (Å²) in [5, 5.41) is 5.47. The van der Waals surface area contributed by atoms with E-state index in [4.69, 9.17) is 10.5 Å². The maximum atomic E-state index is 5.84. The van der Waals surface area contributed by atoms with Gasteiger partial charge < -0.3 is 15.8 Å². The molecule has 0 fully saturated rings. The maximum Gasteiger partial charge on any atom is 0.141 e. The Hall–Kier alpha value is -1.04. The highest BCUT2D eigenvalue weighted by molar-refractivity contribution is 9.10. The van der Waals surface area contributed by atoms with Crippen molar-refractivity contribution in [1.29, 1.82) is 0 Å². The van der Waals surface area contributed by atoms with Crippen molar-refractivity contribution in [2.24, 2.45) is 5.73 Å². The van der Waals surface area contributed by atoms with E-state index in [2.05, 4.69) is 32.7 Å². The van der Waals surface area contributed by atoms with Crippen molar-refractivity contribution in [3.05, 3.63) is 45.1 Å². The summed E-state index contributed by atoms with van der Waals surface area (Å²) in [6, 6.07) is 10.0. The minimum absolute atomic E-state index is 0.0950. The van der Waals surface area contributed by atoms with Crippen LogP contribution in [0, 0.1) is 0 Å². The molecular formula is C13H15BrN2OS. The average Bonchev–Trinajstić information content (AvgIpc) is 2.83. The van der Waals surface area contributed by atoms with Crippen LogP contribution in [0.5, 0.6) is 5.75 Å². The molecule has 0 aliphatic carbocycles. The quantitative estimate of drug-likeness (QED) is 0.881. The van der Waals surface area contributed by atoms with E-state index in [0.717, 1.165) is 15.9 Å². The van der Waals surface area contributed by atoms with E-state index >= 15 is 0 Å². The molecule has 5 heteroatoms. The molecule has 1 heterocycles. The van der Waals surface area contributed by atoms with Crippen LogP contribution in [0.1, 0.15) is 10.9 Å². The Morgan fingerprint density at radius 1 is 1.44 bits per heavy atom. The lowest BCUT2D eigenvalue weighted by Crippen LogP contribution is -2.19. The molecule has 1 aromatic carbocycles. The van der Waals surface area contributed by atoms with Gasteiger partial charge in [-0.1, -0.05) is 12.1 Å². The molecule has 0 radical (unpaired) electrons. The maximum absolute atomic E-state index is 5.84. The smallest absolute Gasteiger partial charge is 0.141 e. The summed E-state index contributed by atoms with van der Waals surface area (Å²) in [5.41, 5.74) is 6.80. The zero-order valence-electron chi connectivity index (χ0n) is 10.0. The van der Waals surface area contributed by atoms with Gasteiger partial charge in [-0.3, -0.25) is 0 Å². The van der Waals surface area contributed by atoms with Crippen molar-refractivity contribution in [2.45, 2.75) is 6.04 Å². The first-order chi connectivity index (χ1) is 8.74. The van der Waals surface area contributed by atoms with Gasteiger partial charge in [0.05, 0.1) is 18.8 Å². The summed E-state index contributed by atoms with van der Waals surface area (Å²) in [5.74, 6) is 0.826. The predicted octanol–water partition coefficient (Wildman–Crippen LogP) is 3.63. The second-order valence-corrected chi connectivity index (χ2v) is 5.66. The van der Waals surface area contributed by atoms with E-state index in [1.54, 1.807) is 18.4 Å². The lowest BCUT2D eigenvalue weighted by molar-refractivity contribution is 0.416. The van der Waals surface area contributed by atoms with Gasteiger partial charge in [0.15, 0.2) is 0 Å². The molecule has 0 amide bonds. The SMILES string of the molecule is COc1ccccc1NC(CN)c1cc(Br)cs1. The molecule has 1 aromatic heterocycles. The fourth-order valence-electron chi connectivity index (χ4n) is 1.71. The first-order valence-electron chi connectivity index (χ1n) is 5.58. The van der Waals surface area contributed by atoms with Gasteiger partial charge >= 0.3 is 0 Å². The van der Waals surface area contributed by atoms with Gasteiger partial charge in [-0.15, -0.1) is 11.3 Å². The van der Waals surface area contributed by atoms with Crippen LogP contribution in [0.3, 0.4) is 0 Å². The molecule has 3 nitrogen and oxygen atoms in total. The predicted molar refractivity (Wildman–Crippen MR) is 80.4 cm³/mol. The fraction of sp³-hybridized carbons (Fsp3) is 0.231. The van der Waals surface area contributed by atoms with Crippen LogP contribution in [0.15, 0.2) is 40.2 Å². The topological polar surface area (TPSA) is 47.3 Å². The minimum atomic E-state index is 0.0950. The number of nitrogens with two attached hydrogens (primary N) is 1. The van der Waals surface area contributed by atoms with Crippen LogP contribution in [-0.2, 0) is 0 Å². The van der Waals surface area contributed by atoms with Crippen LogP contribution in [-0.4, -0.2) is 13.7 Å². The highest BCUT2D eigenvalue weighted by atomic mass is 79.9. The zero-order valence-corrected chi connectivity index (χ0v) is 12.4. The van der Waals surface area contributed by atoms with Crippen molar-refractivity contribution < 1.29 is 4.74 Å². The molecule has 0 bridgehead atoms. The number of methoxy groups -OCH3 is 1. The molecule has 1 unspecified atom stereocenters. The Morgan fingerprint density at radius 3 is 2.83 bits per heavy atom. The van der Waals surface area contributed by atoms with Crippen molar-refractivity contribution in [3.63, 3.8) is 0 Å². The molecule has 0 aliphatic heterocycles. The van der Waals surface area contributed by atoms with Crippen LogP contribution >= 0.6 is 27.3 Å². The third-order valence-corrected chi connectivity index (χ3v) is 4.41. The molecule has 1 atom stereocenters. The number of rotatable bonds is 5. The number of ether oxygens (including phenoxy) is 1. The number of thiophene rings is 1. The number of anilines is 1. The monoisotopic (exact) mass is 326 g/mol.